The minimum absolute atomic E-state index is 0.343. The standard InChI is InChI=1S/C20H20ClN3O4/c1-3-20(13-4-6-14(21)7-5-13)18(26)24(19(27)23-20)12-17(25)22-15-8-10-16(28-2)11-9-15/h4-11H,3,12H2,1-2H3,(H,22,25)(H,23,27)/t20-/m0/s1. The Balaban J connectivity index is 1.75. The highest BCUT2D eigenvalue weighted by Gasteiger charge is 2.51. The number of nitrogens with one attached hydrogen (secondary N) is 2. The second-order valence-corrected chi connectivity index (χ2v) is 6.80. The van der Waals surface area contributed by atoms with Crippen molar-refractivity contribution in [2.24, 2.45) is 0 Å². The molecule has 0 unspecified atom stereocenters. The predicted octanol–water partition coefficient (Wildman–Crippen LogP) is 3.14. The molecule has 7 nitrogen and oxygen atoms in total. The SMILES string of the molecule is CC[C@@]1(c2ccc(Cl)cc2)NC(=O)N(CC(=O)Nc2ccc(OC)cc2)C1=O. The first-order chi connectivity index (χ1) is 13.4. The molecule has 1 aliphatic heterocycles. The summed E-state index contributed by atoms with van der Waals surface area (Å²) in [4.78, 5) is 38.8. The number of halogens is 1. The van der Waals surface area contributed by atoms with E-state index in [2.05, 4.69) is 10.6 Å². The fourth-order valence-corrected chi connectivity index (χ4v) is 3.29. The summed E-state index contributed by atoms with van der Waals surface area (Å²) in [6.45, 7) is 1.42. The van der Waals surface area contributed by atoms with Crippen LogP contribution in [0.25, 0.3) is 0 Å². The van der Waals surface area contributed by atoms with Crippen LogP contribution in [0.5, 0.6) is 5.75 Å². The van der Waals surface area contributed by atoms with Gasteiger partial charge in [0.2, 0.25) is 5.91 Å². The van der Waals surface area contributed by atoms with Crippen LogP contribution in [0.3, 0.4) is 0 Å². The first kappa shape index (κ1) is 19.7. The van der Waals surface area contributed by atoms with Crippen LogP contribution < -0.4 is 15.4 Å². The summed E-state index contributed by atoms with van der Waals surface area (Å²) in [5.41, 5.74) is -0.0460. The molecule has 146 valence electrons. The van der Waals surface area contributed by atoms with Crippen LogP contribution in [-0.4, -0.2) is 36.4 Å². The Morgan fingerprint density at radius 2 is 1.79 bits per heavy atom. The van der Waals surface area contributed by atoms with E-state index in [1.54, 1.807) is 62.6 Å². The Kier molecular flexibility index (Phi) is 5.56. The van der Waals surface area contributed by atoms with Gasteiger partial charge in [-0.05, 0) is 48.4 Å². The molecule has 1 fully saturated rings. The van der Waals surface area contributed by atoms with Crippen LogP contribution in [0.1, 0.15) is 18.9 Å². The topological polar surface area (TPSA) is 87.7 Å². The van der Waals surface area contributed by atoms with Gasteiger partial charge in [0, 0.05) is 10.7 Å². The third-order valence-electron chi connectivity index (χ3n) is 4.72. The molecule has 4 amide bonds. The number of imide groups is 1. The van der Waals surface area contributed by atoms with Crippen LogP contribution in [0.15, 0.2) is 48.5 Å². The first-order valence-electron chi connectivity index (χ1n) is 8.73. The largest absolute Gasteiger partial charge is 0.497 e. The smallest absolute Gasteiger partial charge is 0.325 e. The maximum Gasteiger partial charge on any atom is 0.325 e. The molecule has 1 atom stereocenters. The zero-order chi connectivity index (χ0) is 20.3. The van der Waals surface area contributed by atoms with Gasteiger partial charge in [0.1, 0.15) is 17.8 Å². The number of hydrogen-bond acceptors (Lipinski definition) is 4. The van der Waals surface area contributed by atoms with Crippen molar-refractivity contribution < 1.29 is 19.1 Å². The van der Waals surface area contributed by atoms with Gasteiger partial charge >= 0.3 is 6.03 Å². The summed E-state index contributed by atoms with van der Waals surface area (Å²) >= 11 is 5.92. The van der Waals surface area contributed by atoms with E-state index in [9.17, 15) is 14.4 Å². The number of hydrogen-bond donors (Lipinski definition) is 2. The molecular formula is C20H20ClN3O4. The number of urea groups is 1. The lowest BCUT2D eigenvalue weighted by atomic mass is 9.87. The predicted molar refractivity (Wildman–Crippen MR) is 105 cm³/mol. The number of carbonyl (C=O) groups excluding carboxylic acids is 3. The third-order valence-corrected chi connectivity index (χ3v) is 4.97. The second kappa shape index (κ2) is 7.90. The zero-order valence-corrected chi connectivity index (χ0v) is 16.2. The van der Waals surface area contributed by atoms with Crippen molar-refractivity contribution in [1.29, 1.82) is 0 Å². The average Bonchev–Trinajstić information content (AvgIpc) is 2.94. The second-order valence-electron chi connectivity index (χ2n) is 6.36. The molecule has 2 aromatic carbocycles. The van der Waals surface area contributed by atoms with Gasteiger partial charge in [-0.15, -0.1) is 0 Å². The van der Waals surface area contributed by atoms with E-state index in [0.29, 0.717) is 28.4 Å². The summed E-state index contributed by atoms with van der Waals surface area (Å²) in [5, 5.41) is 5.93. The summed E-state index contributed by atoms with van der Waals surface area (Å²) in [6.07, 6.45) is 0.343. The lowest BCUT2D eigenvalue weighted by molar-refractivity contribution is -0.134. The van der Waals surface area contributed by atoms with Crippen molar-refractivity contribution in [3.05, 3.63) is 59.1 Å². The summed E-state index contributed by atoms with van der Waals surface area (Å²) in [6, 6.07) is 12.9. The van der Waals surface area contributed by atoms with Crippen molar-refractivity contribution >= 4 is 35.1 Å². The van der Waals surface area contributed by atoms with E-state index < -0.39 is 23.4 Å². The number of benzene rings is 2. The highest BCUT2D eigenvalue weighted by molar-refractivity contribution is 6.30. The maximum atomic E-state index is 13.0. The van der Waals surface area contributed by atoms with Gasteiger partial charge in [-0.3, -0.25) is 14.5 Å². The van der Waals surface area contributed by atoms with Crippen LogP contribution in [0, 0.1) is 0 Å². The Labute approximate surface area is 167 Å². The summed E-state index contributed by atoms with van der Waals surface area (Å²) in [7, 11) is 1.55. The molecule has 0 bridgehead atoms. The molecule has 1 aliphatic rings. The van der Waals surface area contributed by atoms with Crippen LogP contribution in [0.2, 0.25) is 5.02 Å². The quantitative estimate of drug-likeness (QED) is 0.728. The molecule has 0 saturated carbocycles. The lowest BCUT2D eigenvalue weighted by Crippen LogP contribution is -2.44. The van der Waals surface area contributed by atoms with E-state index >= 15 is 0 Å². The van der Waals surface area contributed by atoms with Crippen molar-refractivity contribution in [2.45, 2.75) is 18.9 Å². The fourth-order valence-electron chi connectivity index (χ4n) is 3.16. The van der Waals surface area contributed by atoms with E-state index in [-0.39, 0.29) is 6.54 Å². The van der Waals surface area contributed by atoms with Crippen molar-refractivity contribution in [2.75, 3.05) is 19.0 Å². The van der Waals surface area contributed by atoms with Gasteiger partial charge in [-0.2, -0.15) is 0 Å². The molecule has 0 aromatic heterocycles. The van der Waals surface area contributed by atoms with Crippen molar-refractivity contribution in [1.82, 2.24) is 10.2 Å². The normalized spacial score (nSPS) is 18.8. The van der Waals surface area contributed by atoms with Gasteiger partial charge in [-0.1, -0.05) is 30.7 Å². The minimum atomic E-state index is -1.21. The molecule has 3 rings (SSSR count). The first-order valence-corrected chi connectivity index (χ1v) is 9.11. The highest BCUT2D eigenvalue weighted by Crippen LogP contribution is 2.33. The Hall–Kier alpha value is -3.06. The van der Waals surface area contributed by atoms with Gasteiger partial charge in [0.25, 0.3) is 5.91 Å². The van der Waals surface area contributed by atoms with Gasteiger partial charge in [0.05, 0.1) is 7.11 Å². The number of anilines is 1. The van der Waals surface area contributed by atoms with Crippen LogP contribution in [0.4, 0.5) is 10.5 Å². The molecule has 1 saturated heterocycles. The number of rotatable bonds is 6. The van der Waals surface area contributed by atoms with Gasteiger partial charge < -0.3 is 15.4 Å². The number of amides is 4. The maximum absolute atomic E-state index is 13.0. The summed E-state index contributed by atoms with van der Waals surface area (Å²) in [5.74, 6) is -0.285. The molecule has 0 radical (unpaired) electrons. The Morgan fingerprint density at radius 1 is 1.14 bits per heavy atom. The number of ether oxygens (including phenoxy) is 1. The number of nitrogens with zero attached hydrogens (tertiary/aromatic N) is 1. The Morgan fingerprint density at radius 3 is 2.36 bits per heavy atom. The molecule has 8 heteroatoms. The molecule has 28 heavy (non-hydrogen) atoms. The monoisotopic (exact) mass is 401 g/mol. The van der Waals surface area contributed by atoms with Gasteiger partial charge in [-0.25, -0.2) is 4.79 Å². The molecule has 0 aliphatic carbocycles. The van der Waals surface area contributed by atoms with Crippen LogP contribution >= 0.6 is 11.6 Å². The summed E-state index contributed by atoms with van der Waals surface area (Å²) < 4.78 is 5.07. The minimum Gasteiger partial charge on any atom is -0.497 e. The molecule has 2 N–H and O–H groups in total. The molecule has 0 spiro atoms. The van der Waals surface area contributed by atoms with Crippen molar-refractivity contribution in [3.63, 3.8) is 0 Å². The van der Waals surface area contributed by atoms with E-state index in [1.165, 1.54) is 0 Å². The zero-order valence-electron chi connectivity index (χ0n) is 15.5. The lowest BCUT2D eigenvalue weighted by Gasteiger charge is -2.25. The third kappa shape index (κ3) is 3.66. The molecule has 1 heterocycles. The van der Waals surface area contributed by atoms with Crippen LogP contribution in [-0.2, 0) is 15.1 Å². The van der Waals surface area contributed by atoms with E-state index in [0.717, 1.165) is 4.90 Å². The van der Waals surface area contributed by atoms with E-state index in [4.69, 9.17) is 16.3 Å². The number of carbonyl (C=O) groups is 3. The fraction of sp³-hybridized carbons (Fsp3) is 0.250. The number of methoxy groups -OCH3 is 1. The average molecular weight is 402 g/mol. The van der Waals surface area contributed by atoms with Gasteiger partial charge in [0.15, 0.2) is 0 Å². The van der Waals surface area contributed by atoms with E-state index in [1.807, 2.05) is 0 Å². The Bertz CT molecular complexity index is 899. The van der Waals surface area contributed by atoms with Crippen molar-refractivity contribution in [3.8, 4) is 5.75 Å². The highest BCUT2D eigenvalue weighted by atomic mass is 35.5. The molecule has 2 aromatic rings. The molecular weight excluding hydrogens is 382 g/mol.